The summed E-state index contributed by atoms with van der Waals surface area (Å²) in [5.74, 6) is 1.73. The second-order valence-corrected chi connectivity index (χ2v) is 9.47. The SMILES string of the molecule is CNC(=O)Oc1ccc(CNC2CCN(c3ccn4cc(-c5cc(Cl)c(OC)cc5OC)nc4c3)C2)cc1. The first-order valence-electron chi connectivity index (χ1n) is 12.3. The number of ether oxygens (including phenoxy) is 3. The fourth-order valence-corrected chi connectivity index (χ4v) is 4.86. The van der Waals surface area contributed by atoms with Crippen molar-refractivity contribution in [3.8, 4) is 28.5 Å². The molecule has 38 heavy (non-hydrogen) atoms. The number of pyridine rings is 1. The van der Waals surface area contributed by atoms with Gasteiger partial charge in [0.2, 0.25) is 0 Å². The van der Waals surface area contributed by atoms with Crippen LogP contribution >= 0.6 is 11.6 Å². The number of methoxy groups -OCH3 is 2. The number of benzene rings is 2. The lowest BCUT2D eigenvalue weighted by Crippen LogP contribution is -2.32. The van der Waals surface area contributed by atoms with E-state index in [0.29, 0.717) is 28.3 Å². The van der Waals surface area contributed by atoms with Gasteiger partial charge in [-0.2, -0.15) is 0 Å². The maximum Gasteiger partial charge on any atom is 0.412 e. The van der Waals surface area contributed by atoms with E-state index >= 15 is 0 Å². The second-order valence-electron chi connectivity index (χ2n) is 9.06. The highest BCUT2D eigenvalue weighted by atomic mass is 35.5. The topological polar surface area (TPSA) is 89.4 Å². The third-order valence-corrected chi connectivity index (χ3v) is 6.98. The van der Waals surface area contributed by atoms with Gasteiger partial charge in [0.1, 0.15) is 22.9 Å². The number of anilines is 1. The maximum absolute atomic E-state index is 11.3. The highest BCUT2D eigenvalue weighted by molar-refractivity contribution is 6.32. The summed E-state index contributed by atoms with van der Waals surface area (Å²) in [4.78, 5) is 18.6. The van der Waals surface area contributed by atoms with Crippen LogP contribution in [0.3, 0.4) is 0 Å². The average molecular weight is 536 g/mol. The molecule has 0 spiro atoms. The van der Waals surface area contributed by atoms with E-state index in [0.717, 1.165) is 54.2 Å². The minimum absolute atomic E-state index is 0.369. The van der Waals surface area contributed by atoms with Crippen LogP contribution in [0, 0.1) is 0 Å². The van der Waals surface area contributed by atoms with Gasteiger partial charge < -0.3 is 34.1 Å². The number of amides is 1. The number of rotatable bonds is 8. The number of hydrogen-bond donors (Lipinski definition) is 2. The van der Waals surface area contributed by atoms with Crippen LogP contribution in [-0.2, 0) is 6.54 Å². The molecule has 0 saturated carbocycles. The fraction of sp³-hybridized carbons (Fsp3) is 0.286. The van der Waals surface area contributed by atoms with Crippen LogP contribution in [0.2, 0.25) is 5.02 Å². The summed E-state index contributed by atoms with van der Waals surface area (Å²) in [7, 11) is 4.73. The Balaban J connectivity index is 1.24. The number of aromatic nitrogens is 2. The molecular weight excluding hydrogens is 506 g/mol. The number of halogens is 1. The molecule has 4 aromatic rings. The van der Waals surface area contributed by atoms with Crippen molar-refractivity contribution in [1.82, 2.24) is 20.0 Å². The van der Waals surface area contributed by atoms with Gasteiger partial charge in [-0.05, 0) is 36.2 Å². The number of nitrogens with one attached hydrogen (secondary N) is 2. The van der Waals surface area contributed by atoms with Gasteiger partial charge in [-0.1, -0.05) is 23.7 Å². The first-order valence-corrected chi connectivity index (χ1v) is 12.7. The molecule has 1 aliphatic heterocycles. The van der Waals surface area contributed by atoms with Crippen molar-refractivity contribution in [2.45, 2.75) is 19.0 Å². The summed E-state index contributed by atoms with van der Waals surface area (Å²) < 4.78 is 18.0. The van der Waals surface area contributed by atoms with Gasteiger partial charge in [0, 0.05) is 68.5 Å². The van der Waals surface area contributed by atoms with Crippen LogP contribution < -0.4 is 29.7 Å². The number of carbonyl (C=O) groups excluding carboxylic acids is 1. The summed E-state index contributed by atoms with van der Waals surface area (Å²) in [5.41, 5.74) is 4.70. The van der Waals surface area contributed by atoms with Crippen LogP contribution in [-0.4, -0.2) is 55.9 Å². The zero-order valence-corrected chi connectivity index (χ0v) is 22.3. The van der Waals surface area contributed by atoms with Crippen molar-refractivity contribution in [3.05, 3.63) is 71.5 Å². The lowest BCUT2D eigenvalue weighted by molar-refractivity contribution is 0.203. The Morgan fingerprint density at radius 2 is 1.89 bits per heavy atom. The minimum atomic E-state index is -0.475. The third-order valence-electron chi connectivity index (χ3n) is 6.68. The molecule has 5 rings (SSSR count). The zero-order chi connectivity index (χ0) is 26.6. The molecule has 0 aliphatic carbocycles. The minimum Gasteiger partial charge on any atom is -0.496 e. The molecule has 1 atom stereocenters. The Hall–Kier alpha value is -3.95. The van der Waals surface area contributed by atoms with E-state index in [-0.39, 0.29) is 0 Å². The van der Waals surface area contributed by atoms with E-state index in [2.05, 4.69) is 27.7 Å². The molecule has 1 unspecified atom stereocenters. The molecule has 2 N–H and O–H groups in total. The van der Waals surface area contributed by atoms with E-state index in [1.165, 1.54) is 7.05 Å². The Labute approximate surface area is 226 Å². The first kappa shape index (κ1) is 25.7. The van der Waals surface area contributed by atoms with Crippen molar-refractivity contribution < 1.29 is 19.0 Å². The van der Waals surface area contributed by atoms with Crippen LogP contribution in [0.25, 0.3) is 16.9 Å². The van der Waals surface area contributed by atoms with Crippen molar-refractivity contribution in [2.75, 3.05) is 39.3 Å². The van der Waals surface area contributed by atoms with Gasteiger partial charge >= 0.3 is 6.09 Å². The standard InChI is InChI=1S/C28H30ClN5O4/c1-30-28(35)38-21-6-4-18(5-7-21)15-31-19-8-10-33(16-19)20-9-11-34-17-24(32-27(34)12-20)22-13-23(29)26(37-3)14-25(22)36-2/h4-7,9,11-14,17,19,31H,8,10,15-16H2,1-3H3,(H,30,35). The van der Waals surface area contributed by atoms with Crippen LogP contribution in [0.15, 0.2) is 60.9 Å². The Kier molecular flexibility index (Phi) is 7.57. The van der Waals surface area contributed by atoms with Crippen molar-refractivity contribution in [1.29, 1.82) is 0 Å². The van der Waals surface area contributed by atoms with Gasteiger partial charge in [0.25, 0.3) is 0 Å². The van der Waals surface area contributed by atoms with Gasteiger partial charge in [-0.3, -0.25) is 0 Å². The molecule has 9 nitrogen and oxygen atoms in total. The molecule has 0 bridgehead atoms. The largest absolute Gasteiger partial charge is 0.496 e. The normalized spacial score (nSPS) is 15.1. The van der Waals surface area contributed by atoms with E-state index in [1.54, 1.807) is 32.4 Å². The number of fused-ring (bicyclic) bond motifs is 1. The quantitative estimate of drug-likeness (QED) is 0.336. The predicted molar refractivity (Wildman–Crippen MR) is 148 cm³/mol. The molecule has 2 aromatic heterocycles. The zero-order valence-electron chi connectivity index (χ0n) is 21.5. The highest BCUT2D eigenvalue weighted by Gasteiger charge is 2.23. The average Bonchev–Trinajstić information content (AvgIpc) is 3.59. The molecule has 1 fully saturated rings. The van der Waals surface area contributed by atoms with E-state index in [1.807, 2.05) is 35.0 Å². The highest BCUT2D eigenvalue weighted by Crippen LogP contribution is 2.38. The Morgan fingerprint density at radius 3 is 2.63 bits per heavy atom. The summed E-state index contributed by atoms with van der Waals surface area (Å²) >= 11 is 6.38. The summed E-state index contributed by atoms with van der Waals surface area (Å²) in [6.07, 6.45) is 4.57. The second kappa shape index (κ2) is 11.2. The molecule has 1 saturated heterocycles. The number of carbonyl (C=O) groups is 1. The first-order chi connectivity index (χ1) is 18.5. The monoisotopic (exact) mass is 535 g/mol. The van der Waals surface area contributed by atoms with E-state index in [4.69, 9.17) is 30.8 Å². The molecule has 1 aliphatic rings. The van der Waals surface area contributed by atoms with Crippen LogP contribution in [0.1, 0.15) is 12.0 Å². The summed E-state index contributed by atoms with van der Waals surface area (Å²) in [6.45, 7) is 2.61. The smallest absolute Gasteiger partial charge is 0.412 e. The maximum atomic E-state index is 11.3. The van der Waals surface area contributed by atoms with Crippen molar-refractivity contribution in [2.24, 2.45) is 0 Å². The Morgan fingerprint density at radius 1 is 1.11 bits per heavy atom. The molecule has 0 radical (unpaired) electrons. The van der Waals surface area contributed by atoms with Gasteiger partial charge in [0.05, 0.1) is 24.9 Å². The summed E-state index contributed by atoms with van der Waals surface area (Å²) in [6, 6.07) is 15.7. The molecule has 10 heteroatoms. The van der Waals surface area contributed by atoms with E-state index in [9.17, 15) is 4.79 Å². The lowest BCUT2D eigenvalue weighted by atomic mass is 10.1. The van der Waals surface area contributed by atoms with Gasteiger partial charge in [0.15, 0.2) is 0 Å². The lowest BCUT2D eigenvalue weighted by Gasteiger charge is -2.19. The molecule has 198 valence electrons. The summed E-state index contributed by atoms with van der Waals surface area (Å²) in [5, 5.41) is 6.58. The third kappa shape index (κ3) is 5.49. The molecular formula is C28H30ClN5O4. The fourth-order valence-electron chi connectivity index (χ4n) is 4.61. The van der Waals surface area contributed by atoms with Gasteiger partial charge in [-0.25, -0.2) is 9.78 Å². The van der Waals surface area contributed by atoms with Crippen molar-refractivity contribution in [3.63, 3.8) is 0 Å². The molecule has 3 heterocycles. The number of nitrogens with zero attached hydrogens (tertiary/aromatic N) is 3. The number of imidazole rings is 1. The van der Waals surface area contributed by atoms with E-state index < -0.39 is 6.09 Å². The van der Waals surface area contributed by atoms with Crippen LogP contribution in [0.5, 0.6) is 17.2 Å². The van der Waals surface area contributed by atoms with Crippen LogP contribution in [0.4, 0.5) is 10.5 Å². The van der Waals surface area contributed by atoms with Crippen molar-refractivity contribution >= 4 is 29.0 Å². The molecule has 2 aromatic carbocycles. The Bertz CT molecular complexity index is 1440. The number of hydrogen-bond acceptors (Lipinski definition) is 7. The molecule has 1 amide bonds. The van der Waals surface area contributed by atoms with Gasteiger partial charge in [-0.15, -0.1) is 0 Å². The predicted octanol–water partition coefficient (Wildman–Crippen LogP) is 4.76.